The molecule has 1 saturated heterocycles. The van der Waals surface area contributed by atoms with Gasteiger partial charge in [-0.2, -0.15) is 0 Å². The van der Waals surface area contributed by atoms with Gasteiger partial charge in [0.25, 0.3) is 0 Å². The number of hydrogen-bond acceptors (Lipinski definition) is 4. The first-order chi connectivity index (χ1) is 5.72. The van der Waals surface area contributed by atoms with E-state index >= 15 is 0 Å². The summed E-state index contributed by atoms with van der Waals surface area (Å²) in [5.41, 5.74) is 7.82. The summed E-state index contributed by atoms with van der Waals surface area (Å²) in [6.45, 7) is 2.19. The van der Waals surface area contributed by atoms with Crippen LogP contribution in [-0.4, -0.2) is 36.5 Å². The van der Waals surface area contributed by atoms with E-state index in [9.17, 15) is 4.79 Å². The molecule has 1 fully saturated rings. The zero-order chi connectivity index (χ0) is 8.97. The number of nitrogens with one attached hydrogen (secondary N) is 1. The van der Waals surface area contributed by atoms with Crippen LogP contribution in [0.25, 0.3) is 0 Å². The molecule has 0 saturated carbocycles. The standard InChI is InChI=1S/C7H16N4O/c8-6-1-3-11(4-2-6)5-7(12)10-9/h6H,1-5,8-9H2,(H,10,12). The molecular formula is C7H16N4O. The molecule has 0 aromatic carbocycles. The monoisotopic (exact) mass is 172 g/mol. The number of rotatable bonds is 2. The van der Waals surface area contributed by atoms with Crippen LogP contribution >= 0.6 is 0 Å². The van der Waals surface area contributed by atoms with E-state index in [4.69, 9.17) is 11.6 Å². The second-order valence-electron chi connectivity index (χ2n) is 3.18. The summed E-state index contributed by atoms with van der Waals surface area (Å²) in [5, 5.41) is 0. The number of carbonyl (C=O) groups excluding carboxylic acids is 1. The largest absolute Gasteiger partial charge is 0.328 e. The number of piperidine rings is 1. The van der Waals surface area contributed by atoms with E-state index in [-0.39, 0.29) is 5.91 Å². The molecule has 0 aromatic heterocycles. The first kappa shape index (κ1) is 9.44. The molecule has 5 heteroatoms. The summed E-state index contributed by atoms with van der Waals surface area (Å²) in [5.74, 6) is 4.83. The Hall–Kier alpha value is -0.650. The van der Waals surface area contributed by atoms with Gasteiger partial charge in [-0.05, 0) is 12.8 Å². The number of carbonyl (C=O) groups is 1. The zero-order valence-electron chi connectivity index (χ0n) is 7.12. The number of nitrogens with two attached hydrogens (primary N) is 2. The fraction of sp³-hybridized carbons (Fsp3) is 0.857. The minimum Gasteiger partial charge on any atom is -0.328 e. The van der Waals surface area contributed by atoms with Gasteiger partial charge in [0.1, 0.15) is 0 Å². The van der Waals surface area contributed by atoms with Gasteiger partial charge < -0.3 is 5.73 Å². The molecule has 0 aromatic rings. The summed E-state index contributed by atoms with van der Waals surface area (Å²) in [6.07, 6.45) is 1.94. The molecule has 12 heavy (non-hydrogen) atoms. The molecule has 0 unspecified atom stereocenters. The van der Waals surface area contributed by atoms with Crippen LogP contribution in [-0.2, 0) is 4.79 Å². The number of amides is 1. The van der Waals surface area contributed by atoms with Gasteiger partial charge in [-0.25, -0.2) is 5.84 Å². The predicted octanol–water partition coefficient (Wildman–Crippen LogP) is -1.60. The Morgan fingerprint density at radius 1 is 1.50 bits per heavy atom. The molecule has 0 radical (unpaired) electrons. The summed E-state index contributed by atoms with van der Waals surface area (Å²) >= 11 is 0. The fourth-order valence-corrected chi connectivity index (χ4v) is 1.36. The van der Waals surface area contributed by atoms with Gasteiger partial charge >= 0.3 is 0 Å². The number of hydrazine groups is 1. The summed E-state index contributed by atoms with van der Waals surface area (Å²) in [6, 6.07) is 0.308. The van der Waals surface area contributed by atoms with E-state index in [2.05, 4.69) is 10.3 Å². The Kier molecular flexibility index (Phi) is 3.46. The minimum absolute atomic E-state index is 0.134. The van der Waals surface area contributed by atoms with Crippen molar-refractivity contribution >= 4 is 5.91 Å². The van der Waals surface area contributed by atoms with Gasteiger partial charge in [-0.3, -0.25) is 15.1 Å². The molecule has 5 nitrogen and oxygen atoms in total. The number of likely N-dealkylation sites (tertiary alicyclic amines) is 1. The van der Waals surface area contributed by atoms with Crippen molar-refractivity contribution in [2.45, 2.75) is 18.9 Å². The van der Waals surface area contributed by atoms with E-state index in [0.29, 0.717) is 12.6 Å². The van der Waals surface area contributed by atoms with Crippen molar-refractivity contribution in [1.82, 2.24) is 10.3 Å². The van der Waals surface area contributed by atoms with E-state index in [1.807, 2.05) is 0 Å². The first-order valence-corrected chi connectivity index (χ1v) is 4.19. The predicted molar refractivity (Wildman–Crippen MR) is 46.0 cm³/mol. The molecule has 1 aliphatic rings. The van der Waals surface area contributed by atoms with Crippen LogP contribution in [0.4, 0.5) is 0 Å². The van der Waals surface area contributed by atoms with Crippen LogP contribution in [0.1, 0.15) is 12.8 Å². The van der Waals surface area contributed by atoms with Crippen molar-refractivity contribution in [1.29, 1.82) is 0 Å². The van der Waals surface area contributed by atoms with Crippen molar-refractivity contribution in [2.75, 3.05) is 19.6 Å². The maximum Gasteiger partial charge on any atom is 0.248 e. The fourth-order valence-electron chi connectivity index (χ4n) is 1.36. The lowest BCUT2D eigenvalue weighted by atomic mass is 10.1. The maximum atomic E-state index is 10.9. The third-order valence-corrected chi connectivity index (χ3v) is 2.16. The Balaban J connectivity index is 2.21. The number of nitrogens with zero attached hydrogens (tertiary/aromatic N) is 1. The first-order valence-electron chi connectivity index (χ1n) is 4.19. The highest BCUT2D eigenvalue weighted by Crippen LogP contribution is 2.06. The molecule has 0 bridgehead atoms. The summed E-state index contributed by atoms with van der Waals surface area (Å²) in [4.78, 5) is 12.9. The Morgan fingerprint density at radius 3 is 2.58 bits per heavy atom. The lowest BCUT2D eigenvalue weighted by Gasteiger charge is -2.29. The van der Waals surface area contributed by atoms with Crippen LogP contribution in [0, 0.1) is 0 Å². The van der Waals surface area contributed by atoms with Gasteiger partial charge in [0.15, 0.2) is 0 Å². The molecule has 1 amide bonds. The molecule has 1 aliphatic heterocycles. The highest BCUT2D eigenvalue weighted by atomic mass is 16.2. The summed E-state index contributed by atoms with van der Waals surface area (Å²) in [7, 11) is 0. The smallest absolute Gasteiger partial charge is 0.248 e. The van der Waals surface area contributed by atoms with E-state index in [1.165, 1.54) is 0 Å². The third-order valence-electron chi connectivity index (χ3n) is 2.16. The molecule has 1 rings (SSSR count). The lowest BCUT2D eigenvalue weighted by molar-refractivity contribution is -0.122. The molecule has 0 aliphatic carbocycles. The van der Waals surface area contributed by atoms with Crippen LogP contribution in [0.3, 0.4) is 0 Å². The second kappa shape index (κ2) is 4.39. The highest BCUT2D eigenvalue weighted by Gasteiger charge is 2.17. The normalized spacial score (nSPS) is 20.8. The quantitative estimate of drug-likeness (QED) is 0.266. The van der Waals surface area contributed by atoms with Gasteiger partial charge in [0, 0.05) is 19.1 Å². The molecule has 0 atom stereocenters. The van der Waals surface area contributed by atoms with Gasteiger partial charge in [-0.15, -0.1) is 0 Å². The minimum atomic E-state index is -0.134. The van der Waals surface area contributed by atoms with Crippen LogP contribution < -0.4 is 17.0 Å². The van der Waals surface area contributed by atoms with Crippen molar-refractivity contribution in [3.63, 3.8) is 0 Å². The van der Waals surface area contributed by atoms with Gasteiger partial charge in [-0.1, -0.05) is 0 Å². The van der Waals surface area contributed by atoms with Crippen LogP contribution in [0.2, 0.25) is 0 Å². The SMILES string of the molecule is NNC(=O)CN1CCC(N)CC1. The Bertz CT molecular complexity index is 153. The molecule has 70 valence electrons. The van der Waals surface area contributed by atoms with E-state index < -0.39 is 0 Å². The average Bonchev–Trinajstić information content (AvgIpc) is 2.09. The maximum absolute atomic E-state index is 10.9. The third kappa shape index (κ3) is 2.77. The van der Waals surface area contributed by atoms with Crippen LogP contribution in [0.15, 0.2) is 0 Å². The molecule has 1 heterocycles. The average molecular weight is 172 g/mol. The van der Waals surface area contributed by atoms with Crippen molar-refractivity contribution in [3.05, 3.63) is 0 Å². The number of hydrogen-bond donors (Lipinski definition) is 3. The van der Waals surface area contributed by atoms with E-state index in [1.54, 1.807) is 0 Å². The van der Waals surface area contributed by atoms with Crippen molar-refractivity contribution < 1.29 is 4.79 Å². The Morgan fingerprint density at radius 2 is 2.08 bits per heavy atom. The van der Waals surface area contributed by atoms with Gasteiger partial charge in [0.2, 0.25) is 5.91 Å². The zero-order valence-corrected chi connectivity index (χ0v) is 7.12. The van der Waals surface area contributed by atoms with Gasteiger partial charge in [0.05, 0.1) is 6.54 Å². The van der Waals surface area contributed by atoms with Crippen LogP contribution in [0.5, 0.6) is 0 Å². The van der Waals surface area contributed by atoms with E-state index in [0.717, 1.165) is 25.9 Å². The highest BCUT2D eigenvalue weighted by molar-refractivity contribution is 5.77. The van der Waals surface area contributed by atoms with Crippen molar-refractivity contribution in [3.8, 4) is 0 Å². The topological polar surface area (TPSA) is 84.4 Å². The summed E-state index contributed by atoms with van der Waals surface area (Å²) < 4.78 is 0. The lowest BCUT2D eigenvalue weighted by Crippen LogP contribution is -2.45. The second-order valence-corrected chi connectivity index (χ2v) is 3.18. The Labute approximate surface area is 72.0 Å². The molecular weight excluding hydrogens is 156 g/mol. The molecule has 0 spiro atoms. The van der Waals surface area contributed by atoms with Crippen molar-refractivity contribution in [2.24, 2.45) is 11.6 Å². The molecule has 5 N–H and O–H groups in total.